The monoisotopic (exact) mass is 368 g/mol. The fraction of sp³-hybridized carbons (Fsp3) is 0.190. The summed E-state index contributed by atoms with van der Waals surface area (Å²) in [5.74, 6) is -0.532. The minimum atomic E-state index is -0.452. The van der Waals surface area contributed by atoms with Gasteiger partial charge < -0.3 is 5.32 Å². The molecule has 0 unspecified atom stereocenters. The number of anilines is 1. The molecule has 0 aliphatic carbocycles. The van der Waals surface area contributed by atoms with E-state index in [4.69, 9.17) is 0 Å². The number of carbonyl (C=O) groups excluding carboxylic acids is 1. The van der Waals surface area contributed by atoms with Crippen molar-refractivity contribution in [3.63, 3.8) is 0 Å². The quantitative estimate of drug-likeness (QED) is 0.650. The van der Waals surface area contributed by atoms with Crippen LogP contribution in [0.25, 0.3) is 0 Å². The second-order valence-electron chi connectivity index (χ2n) is 6.20. The molecule has 1 amide bonds. The molecular weight excluding hydrogens is 347 g/mol. The van der Waals surface area contributed by atoms with Gasteiger partial charge in [-0.05, 0) is 48.6 Å². The summed E-state index contributed by atoms with van der Waals surface area (Å²) >= 11 is 1.64. The molecule has 2 aromatic carbocycles. The molecule has 0 saturated carbocycles. The molecular formula is C21H21FN2OS. The maximum Gasteiger partial charge on any atom is 0.241 e. The average Bonchev–Trinajstić information content (AvgIpc) is 3.17. The normalized spacial score (nSPS) is 13.2. The predicted molar refractivity (Wildman–Crippen MR) is 105 cm³/mol. The summed E-state index contributed by atoms with van der Waals surface area (Å²) in [6, 6.07) is 18.2. The Morgan fingerprint density at radius 3 is 2.50 bits per heavy atom. The lowest BCUT2D eigenvalue weighted by atomic mass is 10.0. The fourth-order valence-electron chi connectivity index (χ4n) is 2.69. The maximum absolute atomic E-state index is 13.7. The molecule has 3 nitrogen and oxygen atoms in total. The van der Waals surface area contributed by atoms with Crippen molar-refractivity contribution >= 4 is 22.9 Å². The topological polar surface area (TPSA) is 41.1 Å². The minimum absolute atomic E-state index is 0.0771. The van der Waals surface area contributed by atoms with Crippen LogP contribution >= 0.6 is 11.3 Å². The van der Waals surface area contributed by atoms with Crippen molar-refractivity contribution in [3.05, 3.63) is 87.9 Å². The first-order chi connectivity index (χ1) is 12.5. The summed E-state index contributed by atoms with van der Waals surface area (Å²) < 4.78 is 13.7. The first-order valence-corrected chi connectivity index (χ1v) is 9.34. The number of halogens is 1. The molecule has 5 heteroatoms. The molecule has 2 N–H and O–H groups in total. The Labute approximate surface area is 156 Å². The molecule has 134 valence electrons. The molecule has 0 aliphatic heterocycles. The molecule has 0 fully saturated rings. The highest BCUT2D eigenvalue weighted by atomic mass is 32.1. The number of hydrogen-bond acceptors (Lipinski definition) is 3. The number of thiophene rings is 1. The Hall–Kier alpha value is -2.50. The molecule has 26 heavy (non-hydrogen) atoms. The van der Waals surface area contributed by atoms with Crippen molar-refractivity contribution in [3.8, 4) is 0 Å². The highest BCUT2D eigenvalue weighted by molar-refractivity contribution is 7.10. The average molecular weight is 368 g/mol. The van der Waals surface area contributed by atoms with E-state index in [0.29, 0.717) is 11.3 Å². The molecule has 3 rings (SSSR count). The Morgan fingerprint density at radius 2 is 1.85 bits per heavy atom. The van der Waals surface area contributed by atoms with E-state index in [9.17, 15) is 9.18 Å². The second kappa shape index (κ2) is 8.25. The number of nitrogens with one attached hydrogen (secondary N) is 2. The van der Waals surface area contributed by atoms with Gasteiger partial charge >= 0.3 is 0 Å². The number of carbonyl (C=O) groups is 1. The zero-order valence-corrected chi connectivity index (χ0v) is 15.5. The van der Waals surface area contributed by atoms with Crippen LogP contribution in [0.2, 0.25) is 0 Å². The van der Waals surface area contributed by atoms with E-state index in [1.165, 1.54) is 6.07 Å². The highest BCUT2D eigenvalue weighted by Crippen LogP contribution is 2.26. The third-order valence-corrected chi connectivity index (χ3v) is 5.15. The Bertz CT molecular complexity index is 865. The summed E-state index contributed by atoms with van der Waals surface area (Å²) in [6.07, 6.45) is 0. The van der Waals surface area contributed by atoms with Gasteiger partial charge in [-0.2, -0.15) is 0 Å². The molecule has 2 atom stereocenters. The maximum atomic E-state index is 13.7. The van der Waals surface area contributed by atoms with Gasteiger partial charge in [0.2, 0.25) is 5.91 Å². The summed E-state index contributed by atoms with van der Waals surface area (Å²) in [6.45, 7) is 3.50. The van der Waals surface area contributed by atoms with Gasteiger partial charge in [-0.1, -0.05) is 42.5 Å². The summed E-state index contributed by atoms with van der Waals surface area (Å²) in [5, 5.41) is 8.18. The first kappa shape index (κ1) is 18.3. The van der Waals surface area contributed by atoms with Crippen LogP contribution in [-0.2, 0) is 4.79 Å². The third kappa shape index (κ3) is 4.36. The molecule has 0 aliphatic rings. The van der Waals surface area contributed by atoms with Crippen LogP contribution in [0, 0.1) is 12.7 Å². The van der Waals surface area contributed by atoms with Crippen molar-refractivity contribution in [2.75, 3.05) is 5.32 Å². The SMILES string of the molecule is Cc1ccc(NC(=O)[C@@H](C)N[C@@H](c2ccccc2)c2cccs2)cc1F. The molecule has 0 saturated heterocycles. The van der Waals surface area contributed by atoms with Crippen molar-refractivity contribution in [1.29, 1.82) is 0 Å². The van der Waals surface area contributed by atoms with Crippen LogP contribution in [0.4, 0.5) is 10.1 Å². The molecule has 0 bridgehead atoms. The van der Waals surface area contributed by atoms with E-state index in [1.54, 1.807) is 30.4 Å². The lowest BCUT2D eigenvalue weighted by Gasteiger charge is -2.22. The van der Waals surface area contributed by atoms with Crippen molar-refractivity contribution in [2.24, 2.45) is 0 Å². The van der Waals surface area contributed by atoms with Crippen molar-refractivity contribution in [1.82, 2.24) is 5.32 Å². The lowest BCUT2D eigenvalue weighted by Crippen LogP contribution is -2.40. The number of hydrogen-bond donors (Lipinski definition) is 2. The van der Waals surface area contributed by atoms with Crippen molar-refractivity contribution in [2.45, 2.75) is 25.9 Å². The summed E-state index contributed by atoms with van der Waals surface area (Å²) in [5.41, 5.74) is 2.10. The molecule has 3 aromatic rings. The van der Waals surface area contributed by atoms with Gasteiger partial charge in [-0.25, -0.2) is 4.39 Å². The van der Waals surface area contributed by atoms with Crippen LogP contribution in [0.3, 0.4) is 0 Å². The second-order valence-corrected chi connectivity index (χ2v) is 7.18. The van der Waals surface area contributed by atoms with Crippen LogP contribution in [0.15, 0.2) is 66.0 Å². The van der Waals surface area contributed by atoms with E-state index >= 15 is 0 Å². The Kier molecular flexibility index (Phi) is 5.81. The highest BCUT2D eigenvalue weighted by Gasteiger charge is 2.21. The Balaban J connectivity index is 1.74. The third-order valence-electron chi connectivity index (χ3n) is 4.21. The van der Waals surface area contributed by atoms with Gasteiger partial charge in [0.1, 0.15) is 5.82 Å². The van der Waals surface area contributed by atoms with Gasteiger partial charge in [0.05, 0.1) is 12.1 Å². The lowest BCUT2D eigenvalue weighted by molar-refractivity contribution is -0.117. The van der Waals surface area contributed by atoms with Gasteiger partial charge in [0.25, 0.3) is 0 Å². The summed E-state index contributed by atoms with van der Waals surface area (Å²) in [4.78, 5) is 13.7. The summed E-state index contributed by atoms with van der Waals surface area (Å²) in [7, 11) is 0. The largest absolute Gasteiger partial charge is 0.325 e. The van der Waals surface area contributed by atoms with E-state index in [0.717, 1.165) is 10.4 Å². The van der Waals surface area contributed by atoms with Crippen LogP contribution in [-0.4, -0.2) is 11.9 Å². The zero-order valence-electron chi connectivity index (χ0n) is 14.7. The van der Waals surface area contributed by atoms with Crippen LogP contribution in [0.5, 0.6) is 0 Å². The van der Waals surface area contributed by atoms with E-state index in [2.05, 4.69) is 16.7 Å². The van der Waals surface area contributed by atoms with Crippen molar-refractivity contribution < 1.29 is 9.18 Å². The minimum Gasteiger partial charge on any atom is -0.325 e. The number of benzene rings is 2. The van der Waals surface area contributed by atoms with Gasteiger partial charge in [-0.15, -0.1) is 11.3 Å². The van der Waals surface area contributed by atoms with E-state index in [1.807, 2.05) is 48.7 Å². The molecule has 0 spiro atoms. The zero-order chi connectivity index (χ0) is 18.5. The van der Waals surface area contributed by atoms with Gasteiger partial charge in [-0.3, -0.25) is 10.1 Å². The van der Waals surface area contributed by atoms with Gasteiger partial charge in [0, 0.05) is 10.6 Å². The Morgan fingerprint density at radius 1 is 1.08 bits per heavy atom. The molecule has 1 aromatic heterocycles. The fourth-order valence-corrected chi connectivity index (χ4v) is 3.50. The van der Waals surface area contributed by atoms with Crippen LogP contribution < -0.4 is 10.6 Å². The standard InChI is InChI=1S/C21H21FN2OS/c1-14-10-11-17(13-18(14)22)24-21(25)15(2)23-20(19-9-6-12-26-19)16-7-4-3-5-8-16/h3-13,15,20,23H,1-2H3,(H,24,25)/t15-,20+/m1/s1. The first-order valence-electron chi connectivity index (χ1n) is 8.46. The number of amides is 1. The molecule has 0 radical (unpaired) electrons. The van der Waals surface area contributed by atoms with Gasteiger partial charge in [0.15, 0.2) is 0 Å². The van der Waals surface area contributed by atoms with E-state index in [-0.39, 0.29) is 17.8 Å². The number of aryl methyl sites for hydroxylation is 1. The predicted octanol–water partition coefficient (Wildman–Crippen LogP) is 4.90. The number of rotatable bonds is 6. The van der Waals surface area contributed by atoms with E-state index < -0.39 is 6.04 Å². The van der Waals surface area contributed by atoms with Crippen LogP contribution in [0.1, 0.15) is 29.0 Å². The smallest absolute Gasteiger partial charge is 0.241 e. The molecule has 1 heterocycles.